The summed E-state index contributed by atoms with van der Waals surface area (Å²) in [5, 5.41) is 0. The van der Waals surface area contributed by atoms with Crippen molar-refractivity contribution in [3.63, 3.8) is 0 Å². The molecule has 2 heterocycles. The molecule has 3 aliphatic rings. The molecule has 2 aliphatic heterocycles. The smallest absolute Gasteiger partial charge is 0.329 e. The molecule has 2 atom stereocenters. The Bertz CT molecular complexity index is 981. The van der Waals surface area contributed by atoms with Gasteiger partial charge in [0.1, 0.15) is 6.04 Å². The topological polar surface area (TPSA) is 32.8 Å². The lowest BCUT2D eigenvalue weighted by atomic mass is 9.75. The molecule has 4 heteroatoms. The Labute approximate surface area is 205 Å². The Morgan fingerprint density at radius 1 is 0.971 bits per heavy atom. The van der Waals surface area contributed by atoms with Gasteiger partial charge < -0.3 is 14.5 Å². The van der Waals surface area contributed by atoms with E-state index in [1.807, 2.05) is 0 Å². The van der Waals surface area contributed by atoms with E-state index in [0.29, 0.717) is 18.1 Å². The molecule has 2 aromatic rings. The first kappa shape index (κ1) is 23.4. The molecule has 0 bridgehead atoms. The van der Waals surface area contributed by atoms with Crippen LogP contribution in [0, 0.1) is 5.41 Å². The summed E-state index contributed by atoms with van der Waals surface area (Å²) in [6.45, 7) is 9.55. The number of nitrogens with zero attached hydrogens (tertiary/aromatic N) is 2. The molecule has 4 nitrogen and oxygen atoms in total. The zero-order chi connectivity index (χ0) is 23.7. The van der Waals surface area contributed by atoms with E-state index in [9.17, 15) is 4.79 Å². The second-order valence-electron chi connectivity index (χ2n) is 11.2. The fourth-order valence-corrected chi connectivity index (χ4v) is 6.64. The molecule has 1 aliphatic carbocycles. The third kappa shape index (κ3) is 4.62. The van der Waals surface area contributed by atoms with Crippen molar-refractivity contribution in [1.82, 2.24) is 4.90 Å². The van der Waals surface area contributed by atoms with E-state index in [2.05, 4.69) is 79.1 Å². The predicted molar refractivity (Wildman–Crippen MR) is 138 cm³/mol. The molecule has 0 aromatic heterocycles. The minimum Gasteiger partial charge on any atom is -0.464 e. The van der Waals surface area contributed by atoms with E-state index in [1.54, 1.807) is 11.1 Å². The summed E-state index contributed by atoms with van der Waals surface area (Å²) >= 11 is 0. The summed E-state index contributed by atoms with van der Waals surface area (Å²) in [7, 11) is 0. The van der Waals surface area contributed by atoms with Crippen molar-refractivity contribution in [3.8, 4) is 0 Å². The van der Waals surface area contributed by atoms with Crippen LogP contribution in [0.2, 0.25) is 0 Å². The standard InChI is InChI=1S/C30H40N2O2/c1-22(2)32-27-13-7-6-10-24(27)19-28(32)29(33)34-18-8-9-23(3)31-16-14-30(15-17-31)20-25-11-4-5-12-26(25)21-30/h4-7,10-13,22-23,28H,8-9,14-21H2,1-3H3/t23?,28-/m0/s1. The molecule has 182 valence electrons. The Kier molecular flexibility index (Phi) is 6.70. The second-order valence-corrected chi connectivity index (χ2v) is 11.2. The number of ether oxygens (including phenoxy) is 1. The lowest BCUT2D eigenvalue weighted by Crippen LogP contribution is -2.45. The van der Waals surface area contributed by atoms with Crippen LogP contribution in [0.3, 0.4) is 0 Å². The van der Waals surface area contributed by atoms with Crippen LogP contribution in [-0.2, 0) is 28.8 Å². The second kappa shape index (κ2) is 9.73. The van der Waals surface area contributed by atoms with Crippen molar-refractivity contribution in [1.29, 1.82) is 0 Å². The molecule has 1 spiro atoms. The number of anilines is 1. The maximum atomic E-state index is 12.9. The average molecular weight is 461 g/mol. The maximum Gasteiger partial charge on any atom is 0.329 e. The third-order valence-electron chi connectivity index (χ3n) is 8.59. The highest BCUT2D eigenvalue weighted by molar-refractivity contribution is 5.84. The monoisotopic (exact) mass is 460 g/mol. The fraction of sp³-hybridized carbons (Fsp3) is 0.567. The van der Waals surface area contributed by atoms with Crippen LogP contribution in [-0.4, -0.2) is 48.7 Å². The molecular weight excluding hydrogens is 420 g/mol. The van der Waals surface area contributed by atoms with Crippen LogP contribution in [0.25, 0.3) is 0 Å². The molecule has 2 aromatic carbocycles. The van der Waals surface area contributed by atoms with Gasteiger partial charge in [-0.1, -0.05) is 42.5 Å². The molecule has 0 amide bonds. The molecule has 5 rings (SSSR count). The van der Waals surface area contributed by atoms with Gasteiger partial charge in [-0.05, 0) is 101 Å². The summed E-state index contributed by atoms with van der Waals surface area (Å²) in [6.07, 6.45) is 7.89. The Morgan fingerprint density at radius 2 is 1.59 bits per heavy atom. The molecule has 1 unspecified atom stereocenters. The van der Waals surface area contributed by atoms with Gasteiger partial charge in [0, 0.05) is 24.2 Å². The van der Waals surface area contributed by atoms with Gasteiger partial charge in [-0.2, -0.15) is 0 Å². The summed E-state index contributed by atoms with van der Waals surface area (Å²) in [5.74, 6) is -0.0710. The van der Waals surface area contributed by atoms with Crippen molar-refractivity contribution in [3.05, 3.63) is 65.2 Å². The number of carbonyl (C=O) groups excluding carboxylic acids is 1. The van der Waals surface area contributed by atoms with Crippen LogP contribution in [0.1, 0.15) is 63.1 Å². The minimum absolute atomic E-state index is 0.0710. The molecule has 34 heavy (non-hydrogen) atoms. The summed E-state index contributed by atoms with van der Waals surface area (Å²) in [5.41, 5.74) is 6.08. The molecular formula is C30H40N2O2. The van der Waals surface area contributed by atoms with Gasteiger partial charge >= 0.3 is 5.97 Å². The number of fused-ring (bicyclic) bond motifs is 2. The Balaban J connectivity index is 1.05. The van der Waals surface area contributed by atoms with Crippen LogP contribution < -0.4 is 4.90 Å². The number of benzene rings is 2. The summed E-state index contributed by atoms with van der Waals surface area (Å²) < 4.78 is 5.79. The van der Waals surface area contributed by atoms with Gasteiger partial charge in [0.25, 0.3) is 0 Å². The first-order valence-electron chi connectivity index (χ1n) is 13.3. The molecule has 1 fully saturated rings. The normalized spacial score (nSPS) is 22.1. The van der Waals surface area contributed by atoms with Gasteiger partial charge in [-0.15, -0.1) is 0 Å². The zero-order valence-corrected chi connectivity index (χ0v) is 21.1. The lowest BCUT2D eigenvalue weighted by Gasteiger charge is -2.42. The summed E-state index contributed by atoms with van der Waals surface area (Å²) in [6, 6.07) is 18.0. The van der Waals surface area contributed by atoms with E-state index < -0.39 is 0 Å². The van der Waals surface area contributed by atoms with E-state index in [0.717, 1.165) is 19.3 Å². The van der Waals surface area contributed by atoms with Crippen molar-refractivity contribution < 1.29 is 9.53 Å². The van der Waals surface area contributed by atoms with Crippen molar-refractivity contribution in [2.75, 3.05) is 24.6 Å². The van der Waals surface area contributed by atoms with E-state index in [-0.39, 0.29) is 18.1 Å². The van der Waals surface area contributed by atoms with Crippen LogP contribution >= 0.6 is 0 Å². The van der Waals surface area contributed by atoms with E-state index >= 15 is 0 Å². The lowest BCUT2D eigenvalue weighted by molar-refractivity contribution is -0.145. The number of piperidine rings is 1. The quantitative estimate of drug-likeness (QED) is 0.408. The van der Waals surface area contributed by atoms with Gasteiger partial charge in [-0.3, -0.25) is 0 Å². The zero-order valence-electron chi connectivity index (χ0n) is 21.1. The van der Waals surface area contributed by atoms with Gasteiger partial charge in [-0.25, -0.2) is 4.79 Å². The SMILES string of the molecule is CC(CCCOC(=O)[C@@H]1Cc2ccccc2N1C(C)C)N1CCC2(CC1)Cc1ccccc1C2. The van der Waals surface area contributed by atoms with Gasteiger partial charge in [0.15, 0.2) is 0 Å². The number of para-hydroxylation sites is 1. The predicted octanol–water partition coefficient (Wildman–Crippen LogP) is 5.42. The summed E-state index contributed by atoms with van der Waals surface area (Å²) in [4.78, 5) is 17.8. The maximum absolute atomic E-state index is 12.9. The molecule has 0 N–H and O–H groups in total. The van der Waals surface area contributed by atoms with Gasteiger partial charge in [0.2, 0.25) is 0 Å². The highest BCUT2D eigenvalue weighted by Gasteiger charge is 2.40. The van der Waals surface area contributed by atoms with E-state index in [4.69, 9.17) is 4.74 Å². The van der Waals surface area contributed by atoms with Gasteiger partial charge in [0.05, 0.1) is 6.61 Å². The number of esters is 1. The van der Waals surface area contributed by atoms with Crippen LogP contribution in [0.5, 0.6) is 0 Å². The average Bonchev–Trinajstić information content (AvgIpc) is 3.40. The fourth-order valence-electron chi connectivity index (χ4n) is 6.64. The minimum atomic E-state index is -0.191. The third-order valence-corrected chi connectivity index (χ3v) is 8.59. The van der Waals surface area contributed by atoms with Crippen molar-refractivity contribution in [2.24, 2.45) is 5.41 Å². The molecule has 1 saturated heterocycles. The highest BCUT2D eigenvalue weighted by atomic mass is 16.5. The number of hydrogen-bond acceptors (Lipinski definition) is 4. The molecule has 0 radical (unpaired) electrons. The molecule has 0 saturated carbocycles. The highest BCUT2D eigenvalue weighted by Crippen LogP contribution is 2.45. The van der Waals surface area contributed by atoms with Crippen LogP contribution in [0.4, 0.5) is 5.69 Å². The van der Waals surface area contributed by atoms with E-state index in [1.165, 1.54) is 50.0 Å². The number of likely N-dealkylation sites (tertiary alicyclic amines) is 1. The first-order chi connectivity index (χ1) is 16.5. The Hall–Kier alpha value is -2.33. The number of hydrogen-bond donors (Lipinski definition) is 0. The number of carbonyl (C=O) groups is 1. The van der Waals surface area contributed by atoms with Crippen molar-refractivity contribution >= 4 is 11.7 Å². The van der Waals surface area contributed by atoms with Crippen molar-refractivity contribution in [2.45, 2.75) is 83.8 Å². The Morgan fingerprint density at radius 3 is 2.24 bits per heavy atom. The van der Waals surface area contributed by atoms with Crippen LogP contribution in [0.15, 0.2) is 48.5 Å². The number of rotatable bonds is 7. The first-order valence-corrected chi connectivity index (χ1v) is 13.3. The largest absolute Gasteiger partial charge is 0.464 e.